The molecule has 3 atom stereocenters. The fourth-order valence-electron chi connectivity index (χ4n) is 10.8. The molecule has 2 aromatic heterocycles. The summed E-state index contributed by atoms with van der Waals surface area (Å²) in [6.07, 6.45) is 8.16. The average molecular weight is 740 g/mol. The van der Waals surface area contributed by atoms with Crippen molar-refractivity contribution >= 4 is 60.0 Å². The number of hydrogen-bond acceptors (Lipinski definition) is 2. The zero-order chi connectivity index (χ0) is 38.1. The second-order valence-electron chi connectivity index (χ2n) is 16.4. The van der Waals surface area contributed by atoms with Gasteiger partial charge in [0.05, 0.1) is 22.2 Å². The van der Waals surface area contributed by atoms with Gasteiger partial charge in [0.2, 0.25) is 0 Å². The first-order chi connectivity index (χ1) is 28.7. The van der Waals surface area contributed by atoms with Crippen LogP contribution < -0.4 is 0 Å². The van der Waals surface area contributed by atoms with Crippen LogP contribution in [0, 0.1) is 5.92 Å². The van der Waals surface area contributed by atoms with Gasteiger partial charge in [0, 0.05) is 44.6 Å². The van der Waals surface area contributed by atoms with Crippen LogP contribution >= 0.6 is 0 Å². The number of hydrogen-bond donors (Lipinski definition) is 0. The second-order valence-corrected chi connectivity index (χ2v) is 16.4. The molecule has 10 aromatic rings. The minimum Gasteiger partial charge on any atom is -0.309 e. The molecule has 3 aliphatic rings. The largest absolute Gasteiger partial charge is 0.309 e. The van der Waals surface area contributed by atoms with E-state index >= 15 is 0 Å². The molecule has 0 saturated heterocycles. The van der Waals surface area contributed by atoms with E-state index in [4.69, 9.17) is 9.97 Å². The summed E-state index contributed by atoms with van der Waals surface area (Å²) in [5.74, 6) is 1.35. The van der Waals surface area contributed by atoms with E-state index in [0.29, 0.717) is 5.92 Å². The Bertz CT molecular complexity index is 3460. The van der Waals surface area contributed by atoms with Crippen LogP contribution in [-0.2, 0) is 6.42 Å². The van der Waals surface area contributed by atoms with Crippen molar-refractivity contribution in [2.45, 2.75) is 25.2 Å². The Hall–Kier alpha value is -7.10. The fourth-order valence-corrected chi connectivity index (χ4v) is 10.8. The summed E-state index contributed by atoms with van der Waals surface area (Å²) in [7, 11) is 0. The topological polar surface area (TPSA) is 30.7 Å². The summed E-state index contributed by atoms with van der Waals surface area (Å²) in [5, 5.41) is 8.91. The van der Waals surface area contributed by atoms with Crippen molar-refractivity contribution in [1.29, 1.82) is 0 Å². The predicted octanol–water partition coefficient (Wildman–Crippen LogP) is 13.9. The lowest BCUT2D eigenvalue weighted by atomic mass is 9.77. The molecular weight excluding hydrogens is 703 g/mol. The molecule has 0 aliphatic heterocycles. The van der Waals surface area contributed by atoms with Crippen molar-refractivity contribution in [3.63, 3.8) is 0 Å². The van der Waals surface area contributed by atoms with Crippen molar-refractivity contribution in [2.75, 3.05) is 0 Å². The Morgan fingerprint density at radius 1 is 0.586 bits per heavy atom. The summed E-state index contributed by atoms with van der Waals surface area (Å²) < 4.78 is 2.57. The lowest BCUT2D eigenvalue weighted by Crippen LogP contribution is -2.14. The normalized spacial score (nSPS) is 17.9. The summed E-state index contributed by atoms with van der Waals surface area (Å²) in [4.78, 5) is 10.5. The third kappa shape index (κ3) is 4.39. The number of nitrogens with zero attached hydrogens (tertiary/aromatic N) is 3. The maximum atomic E-state index is 5.31. The van der Waals surface area contributed by atoms with E-state index in [-0.39, 0.29) is 11.8 Å². The minimum absolute atomic E-state index is 0.0278. The Morgan fingerprint density at radius 3 is 2.16 bits per heavy atom. The van der Waals surface area contributed by atoms with Gasteiger partial charge in [-0.3, -0.25) is 0 Å². The highest BCUT2D eigenvalue weighted by Crippen LogP contribution is 2.59. The molecule has 8 aromatic carbocycles. The van der Waals surface area contributed by atoms with Crippen LogP contribution in [0.15, 0.2) is 176 Å². The molecule has 3 nitrogen and oxygen atoms in total. The van der Waals surface area contributed by atoms with Gasteiger partial charge in [-0.05, 0) is 91.7 Å². The first-order valence-electron chi connectivity index (χ1n) is 20.5. The predicted molar refractivity (Wildman–Crippen MR) is 241 cm³/mol. The van der Waals surface area contributed by atoms with Crippen LogP contribution in [0.5, 0.6) is 0 Å². The molecule has 0 radical (unpaired) electrons. The molecule has 58 heavy (non-hydrogen) atoms. The molecule has 0 fully saturated rings. The van der Waals surface area contributed by atoms with Gasteiger partial charge in [0.15, 0.2) is 0 Å². The van der Waals surface area contributed by atoms with Gasteiger partial charge < -0.3 is 4.57 Å². The van der Waals surface area contributed by atoms with Gasteiger partial charge in [-0.2, -0.15) is 0 Å². The molecule has 0 amide bonds. The van der Waals surface area contributed by atoms with Crippen LogP contribution in [0.2, 0.25) is 0 Å². The highest BCUT2D eigenvalue weighted by Gasteiger charge is 2.39. The van der Waals surface area contributed by atoms with E-state index in [0.717, 1.165) is 34.4 Å². The van der Waals surface area contributed by atoms with Crippen LogP contribution in [-0.4, -0.2) is 14.5 Å². The molecule has 272 valence electrons. The molecule has 0 spiro atoms. The summed E-state index contributed by atoms with van der Waals surface area (Å²) in [6.45, 7) is 2.32. The standard InChI is InChI=1S/C55H37N3/c1-32-28-37(26-27-38(32)55-56-47-25-12-11-22-43(47)53(57-55)33-14-3-2-4-15-33)58-48-31-35-17-6-5-16-34(35)29-45(48)52-51-44-24-13-23-40-39-19-8-7-18-36(39)30-46(49(40)44)50(51)41-20-9-10-21-42(41)54(52)58/h2-29,31-32,38,46H,30H2,1H3. The third-order valence-corrected chi connectivity index (χ3v) is 13.3. The second kappa shape index (κ2) is 12.0. The maximum absolute atomic E-state index is 5.31. The Kier molecular flexibility index (Phi) is 6.60. The molecule has 0 saturated carbocycles. The number of benzene rings is 8. The third-order valence-electron chi connectivity index (χ3n) is 13.3. The Morgan fingerprint density at radius 2 is 1.29 bits per heavy atom. The summed E-state index contributed by atoms with van der Waals surface area (Å²) >= 11 is 0. The highest BCUT2D eigenvalue weighted by atomic mass is 15.0. The first kappa shape index (κ1) is 32.0. The number of fused-ring (bicyclic) bond motifs is 14. The monoisotopic (exact) mass is 739 g/mol. The quantitative estimate of drug-likeness (QED) is 0.181. The van der Waals surface area contributed by atoms with E-state index in [1.54, 1.807) is 0 Å². The van der Waals surface area contributed by atoms with Gasteiger partial charge in [0.1, 0.15) is 5.82 Å². The zero-order valence-corrected chi connectivity index (χ0v) is 32.0. The molecule has 3 aliphatic carbocycles. The summed E-state index contributed by atoms with van der Waals surface area (Å²) in [5.41, 5.74) is 16.8. The van der Waals surface area contributed by atoms with E-state index in [1.165, 1.54) is 88.0 Å². The van der Waals surface area contributed by atoms with E-state index in [9.17, 15) is 0 Å². The molecular formula is C55H37N3. The number of para-hydroxylation sites is 1. The zero-order valence-electron chi connectivity index (χ0n) is 32.0. The number of aromatic nitrogens is 3. The van der Waals surface area contributed by atoms with Crippen LogP contribution in [0.1, 0.15) is 41.3 Å². The van der Waals surface area contributed by atoms with Crippen LogP contribution in [0.3, 0.4) is 0 Å². The van der Waals surface area contributed by atoms with Gasteiger partial charge in [-0.1, -0.05) is 159 Å². The van der Waals surface area contributed by atoms with Gasteiger partial charge in [0.25, 0.3) is 0 Å². The molecule has 13 rings (SSSR count). The van der Waals surface area contributed by atoms with Gasteiger partial charge in [-0.25, -0.2) is 9.97 Å². The van der Waals surface area contributed by atoms with Crippen LogP contribution in [0.4, 0.5) is 0 Å². The molecule has 3 unspecified atom stereocenters. The average Bonchev–Trinajstić information content (AvgIpc) is 3.79. The Labute approximate surface area is 336 Å². The lowest BCUT2D eigenvalue weighted by Gasteiger charge is -2.26. The van der Waals surface area contributed by atoms with E-state index in [1.807, 2.05) is 0 Å². The maximum Gasteiger partial charge on any atom is 0.137 e. The molecule has 0 bridgehead atoms. The van der Waals surface area contributed by atoms with Crippen LogP contribution in [0.25, 0.3) is 93.5 Å². The number of allylic oxidation sites excluding steroid dienone is 4. The van der Waals surface area contributed by atoms with Gasteiger partial charge >= 0.3 is 0 Å². The molecule has 0 N–H and O–H groups in total. The smallest absolute Gasteiger partial charge is 0.137 e. The van der Waals surface area contributed by atoms with Crippen molar-refractivity contribution in [3.8, 4) is 33.5 Å². The van der Waals surface area contributed by atoms with Crippen molar-refractivity contribution < 1.29 is 0 Å². The summed E-state index contributed by atoms with van der Waals surface area (Å²) in [6, 6.07) is 57.9. The first-order valence-corrected chi connectivity index (χ1v) is 20.5. The lowest BCUT2D eigenvalue weighted by molar-refractivity contribution is 0.605. The minimum atomic E-state index is 0.0278. The van der Waals surface area contributed by atoms with E-state index in [2.05, 4.69) is 187 Å². The fraction of sp³-hybridized carbons (Fsp3) is 0.0909. The SMILES string of the molecule is CC1C=C(n2c3cc4ccccc4cc3c3c4c(c5ccccc5c32)C2Cc3ccccc3-c3cccc-4c32)C=CC1c1nc(-c2ccccc2)c2ccccc2n1. The number of rotatable bonds is 3. The van der Waals surface area contributed by atoms with Crippen molar-refractivity contribution in [2.24, 2.45) is 5.92 Å². The highest BCUT2D eigenvalue weighted by molar-refractivity contribution is 6.28. The Balaban J connectivity index is 1.07. The molecule has 3 heteroatoms. The van der Waals surface area contributed by atoms with Gasteiger partial charge in [-0.15, -0.1) is 0 Å². The molecule has 2 heterocycles. The van der Waals surface area contributed by atoms with Crippen molar-refractivity contribution in [3.05, 3.63) is 198 Å². The van der Waals surface area contributed by atoms with Crippen molar-refractivity contribution in [1.82, 2.24) is 14.5 Å². The van der Waals surface area contributed by atoms with E-state index < -0.39 is 0 Å².